The van der Waals surface area contributed by atoms with Crippen molar-refractivity contribution in [1.82, 2.24) is 9.80 Å². The zero-order valence-electron chi connectivity index (χ0n) is 14.0. The third-order valence-corrected chi connectivity index (χ3v) is 5.86. The minimum atomic E-state index is 0.312. The number of thiophene rings is 1. The molecule has 0 saturated carbocycles. The first-order valence-corrected chi connectivity index (χ1v) is 9.44. The van der Waals surface area contributed by atoms with Gasteiger partial charge in [0.05, 0.1) is 12.2 Å². The van der Waals surface area contributed by atoms with Crippen molar-refractivity contribution in [3.05, 3.63) is 52.4 Å². The molecule has 1 aromatic heterocycles. The summed E-state index contributed by atoms with van der Waals surface area (Å²) in [6.45, 7) is 8.70. The van der Waals surface area contributed by atoms with Crippen molar-refractivity contribution in [1.29, 1.82) is 0 Å². The third kappa shape index (κ3) is 2.89. The van der Waals surface area contributed by atoms with Crippen LogP contribution in [0.5, 0.6) is 5.75 Å². The number of phenols is 1. The first-order chi connectivity index (χ1) is 11.7. The lowest BCUT2D eigenvalue weighted by atomic mass is 10.1. The highest BCUT2D eigenvalue weighted by atomic mass is 32.1. The van der Waals surface area contributed by atoms with Gasteiger partial charge >= 0.3 is 0 Å². The van der Waals surface area contributed by atoms with Crippen LogP contribution in [0.25, 0.3) is 5.70 Å². The Morgan fingerprint density at radius 1 is 1.04 bits per heavy atom. The molecule has 5 heteroatoms. The summed E-state index contributed by atoms with van der Waals surface area (Å²) in [5, 5.41) is 11.7. The molecule has 1 fully saturated rings. The molecule has 0 aliphatic carbocycles. The number of nitrogens with zero attached hydrogens (tertiary/aromatic N) is 3. The second-order valence-corrected chi connectivity index (χ2v) is 7.34. The van der Waals surface area contributed by atoms with Crippen LogP contribution in [0.4, 0.5) is 5.69 Å². The van der Waals surface area contributed by atoms with Crippen LogP contribution in [0.15, 0.2) is 41.9 Å². The van der Waals surface area contributed by atoms with Crippen LogP contribution in [0, 0.1) is 0 Å². The molecule has 0 radical (unpaired) electrons. The first-order valence-electron chi connectivity index (χ1n) is 8.56. The van der Waals surface area contributed by atoms with Gasteiger partial charge in [0.1, 0.15) is 5.75 Å². The predicted octanol–water partition coefficient (Wildman–Crippen LogP) is 3.41. The van der Waals surface area contributed by atoms with Gasteiger partial charge in [-0.1, -0.05) is 6.92 Å². The number of benzene rings is 1. The summed E-state index contributed by atoms with van der Waals surface area (Å²) in [6.07, 6.45) is 2.28. The molecule has 3 heterocycles. The van der Waals surface area contributed by atoms with Crippen molar-refractivity contribution >= 4 is 22.7 Å². The maximum atomic E-state index is 9.54. The maximum Gasteiger partial charge on any atom is 0.115 e. The topological polar surface area (TPSA) is 30.0 Å². The van der Waals surface area contributed by atoms with E-state index in [1.165, 1.54) is 16.1 Å². The molecule has 0 bridgehead atoms. The highest BCUT2D eigenvalue weighted by Gasteiger charge is 2.25. The fourth-order valence-corrected chi connectivity index (χ4v) is 4.36. The molecule has 2 aliphatic rings. The first kappa shape index (κ1) is 15.5. The molecule has 0 amide bonds. The number of hydrogen-bond donors (Lipinski definition) is 1. The normalized spacial score (nSPS) is 18.5. The quantitative estimate of drug-likeness (QED) is 0.927. The molecule has 24 heavy (non-hydrogen) atoms. The molecule has 1 saturated heterocycles. The van der Waals surface area contributed by atoms with E-state index in [0.717, 1.165) is 45.0 Å². The lowest BCUT2D eigenvalue weighted by Gasteiger charge is -2.39. The molecule has 0 atom stereocenters. The zero-order valence-corrected chi connectivity index (χ0v) is 14.8. The molecule has 1 aromatic carbocycles. The van der Waals surface area contributed by atoms with Crippen molar-refractivity contribution < 1.29 is 5.11 Å². The summed E-state index contributed by atoms with van der Waals surface area (Å²) < 4.78 is 0. The minimum absolute atomic E-state index is 0.312. The van der Waals surface area contributed by atoms with Crippen molar-refractivity contribution in [3.8, 4) is 5.75 Å². The standard InChI is InChI=1S/C19H23N3OS/c1-2-20-8-10-21(11-9-20)18-13-22(14-19-17(18)7-12-24-19)15-3-5-16(23)6-4-15/h3-7,12-13,23H,2,8-11,14H2,1H3. The average Bonchev–Trinajstić information content (AvgIpc) is 3.10. The van der Waals surface area contributed by atoms with Crippen molar-refractivity contribution in [3.63, 3.8) is 0 Å². The molecule has 0 unspecified atom stereocenters. The van der Waals surface area contributed by atoms with Gasteiger partial charge in [-0.05, 0) is 42.3 Å². The van der Waals surface area contributed by atoms with Gasteiger partial charge in [-0.15, -0.1) is 11.3 Å². The van der Waals surface area contributed by atoms with Crippen LogP contribution in [0.1, 0.15) is 17.4 Å². The lowest BCUT2D eigenvalue weighted by molar-refractivity contribution is 0.182. The Bertz CT molecular complexity index is 729. The Balaban J connectivity index is 1.63. The van der Waals surface area contributed by atoms with Crippen LogP contribution in [-0.4, -0.2) is 47.6 Å². The van der Waals surface area contributed by atoms with E-state index in [2.05, 4.69) is 39.3 Å². The maximum absolute atomic E-state index is 9.54. The SMILES string of the molecule is CCN1CCN(C2=CN(c3ccc(O)cc3)Cc3sccc32)CC1. The Labute approximate surface area is 147 Å². The highest BCUT2D eigenvalue weighted by Crippen LogP contribution is 2.35. The van der Waals surface area contributed by atoms with Crippen LogP contribution in [0.2, 0.25) is 0 Å². The van der Waals surface area contributed by atoms with Crippen LogP contribution < -0.4 is 4.90 Å². The van der Waals surface area contributed by atoms with E-state index >= 15 is 0 Å². The van der Waals surface area contributed by atoms with E-state index < -0.39 is 0 Å². The van der Waals surface area contributed by atoms with Gasteiger partial charge in [0.25, 0.3) is 0 Å². The third-order valence-electron chi connectivity index (χ3n) is 4.95. The number of likely N-dealkylation sites (N-methyl/N-ethyl adjacent to an activating group) is 1. The molecule has 4 rings (SSSR count). The molecular weight excluding hydrogens is 318 g/mol. The van der Waals surface area contributed by atoms with Crippen LogP contribution in [-0.2, 0) is 6.54 Å². The van der Waals surface area contributed by atoms with Crippen LogP contribution >= 0.6 is 11.3 Å². The fourth-order valence-electron chi connectivity index (χ4n) is 3.48. The number of anilines is 1. The largest absolute Gasteiger partial charge is 0.508 e. The second kappa shape index (κ2) is 6.49. The van der Waals surface area contributed by atoms with Gasteiger partial charge in [0.15, 0.2) is 0 Å². The second-order valence-electron chi connectivity index (χ2n) is 6.34. The number of phenolic OH excluding ortho intramolecular Hbond substituents is 1. The van der Waals surface area contributed by atoms with Gasteiger partial charge in [-0.25, -0.2) is 0 Å². The summed E-state index contributed by atoms with van der Waals surface area (Å²) in [5.41, 5.74) is 3.85. The summed E-state index contributed by atoms with van der Waals surface area (Å²) in [5.74, 6) is 0.312. The Morgan fingerprint density at radius 3 is 2.50 bits per heavy atom. The number of aromatic hydroxyl groups is 1. The van der Waals surface area contributed by atoms with E-state index in [1.54, 1.807) is 12.1 Å². The van der Waals surface area contributed by atoms with Gasteiger partial charge < -0.3 is 19.8 Å². The van der Waals surface area contributed by atoms with Gasteiger partial charge in [-0.2, -0.15) is 0 Å². The predicted molar refractivity (Wildman–Crippen MR) is 100 cm³/mol. The molecule has 2 aromatic rings. The number of rotatable bonds is 3. The zero-order chi connectivity index (χ0) is 16.5. The van der Waals surface area contributed by atoms with Crippen molar-refractivity contribution in [2.75, 3.05) is 37.6 Å². The monoisotopic (exact) mass is 341 g/mol. The average molecular weight is 341 g/mol. The Morgan fingerprint density at radius 2 is 1.79 bits per heavy atom. The molecule has 126 valence electrons. The number of fused-ring (bicyclic) bond motifs is 1. The number of piperazine rings is 1. The van der Waals surface area contributed by atoms with E-state index in [1.807, 2.05) is 23.5 Å². The smallest absolute Gasteiger partial charge is 0.115 e. The summed E-state index contributed by atoms with van der Waals surface area (Å²) in [7, 11) is 0. The number of hydrogen-bond acceptors (Lipinski definition) is 5. The van der Waals surface area contributed by atoms with Gasteiger partial charge in [0.2, 0.25) is 0 Å². The summed E-state index contributed by atoms with van der Waals surface area (Å²) in [6, 6.07) is 9.74. The lowest BCUT2D eigenvalue weighted by Crippen LogP contribution is -2.45. The molecule has 0 spiro atoms. The summed E-state index contributed by atoms with van der Waals surface area (Å²) >= 11 is 1.83. The molecule has 2 aliphatic heterocycles. The van der Waals surface area contributed by atoms with Crippen molar-refractivity contribution in [2.45, 2.75) is 13.5 Å². The molecule has 4 nitrogen and oxygen atoms in total. The fraction of sp³-hybridized carbons (Fsp3) is 0.368. The molecular formula is C19H23N3OS. The van der Waals surface area contributed by atoms with E-state index in [0.29, 0.717) is 5.75 Å². The Kier molecular flexibility index (Phi) is 4.21. The molecule has 1 N–H and O–H groups in total. The van der Waals surface area contributed by atoms with E-state index in [9.17, 15) is 5.11 Å². The van der Waals surface area contributed by atoms with Crippen LogP contribution in [0.3, 0.4) is 0 Å². The Hall–Kier alpha value is -1.98. The highest BCUT2D eigenvalue weighted by molar-refractivity contribution is 7.10. The van der Waals surface area contributed by atoms with Gasteiger partial charge in [-0.3, -0.25) is 0 Å². The van der Waals surface area contributed by atoms with E-state index in [-0.39, 0.29) is 0 Å². The van der Waals surface area contributed by atoms with Crippen molar-refractivity contribution in [2.24, 2.45) is 0 Å². The van der Waals surface area contributed by atoms with Gasteiger partial charge in [0, 0.05) is 48.5 Å². The van der Waals surface area contributed by atoms with E-state index in [4.69, 9.17) is 0 Å². The summed E-state index contributed by atoms with van der Waals surface area (Å²) in [4.78, 5) is 8.73. The minimum Gasteiger partial charge on any atom is -0.508 e.